The van der Waals surface area contributed by atoms with Gasteiger partial charge >= 0.3 is 16.1 Å². The van der Waals surface area contributed by atoms with Gasteiger partial charge in [-0.15, -0.1) is 0 Å². The number of hydrogen-bond acceptors (Lipinski definition) is 6. The fraction of sp³-hybridized carbons (Fsp3) is 0.435. The van der Waals surface area contributed by atoms with Crippen molar-refractivity contribution in [3.63, 3.8) is 0 Å². The molecule has 1 N–H and O–H groups in total. The molecule has 1 saturated heterocycles. The van der Waals surface area contributed by atoms with Crippen LogP contribution in [0.3, 0.4) is 0 Å². The Bertz CT molecular complexity index is 1050. The number of nitrogens with one attached hydrogen (secondary N) is 1. The van der Waals surface area contributed by atoms with Crippen LogP contribution in [0, 0.1) is 5.82 Å². The van der Waals surface area contributed by atoms with Gasteiger partial charge in [0.05, 0.1) is 13.2 Å². The number of carbonyl (C=O) groups excluding carboxylic acids is 1. The van der Waals surface area contributed by atoms with E-state index in [0.29, 0.717) is 18.7 Å². The molecule has 0 spiro atoms. The van der Waals surface area contributed by atoms with Crippen molar-refractivity contribution in [2.75, 3.05) is 20.3 Å². The molecule has 8 nitrogen and oxygen atoms in total. The standard InChI is InChI=1S/C23H29FN2O6S/c1-16(2)25-23(27)26(15-19-5-4-12-31-19)14-17-6-11-21(30-3)22(13-17)32-33(28,29)20-9-7-18(24)8-10-20/h6-11,13,16,19H,4-5,12,14-15H2,1-3H3,(H,25,27). The Morgan fingerprint density at radius 1 is 1.21 bits per heavy atom. The molecule has 0 saturated carbocycles. The second-order valence-electron chi connectivity index (χ2n) is 8.10. The highest BCUT2D eigenvalue weighted by Gasteiger charge is 2.24. The maximum Gasteiger partial charge on any atom is 0.339 e. The fourth-order valence-corrected chi connectivity index (χ4v) is 4.40. The Hall–Kier alpha value is -2.85. The molecule has 0 bridgehead atoms. The zero-order valence-corrected chi connectivity index (χ0v) is 19.7. The molecule has 2 aromatic carbocycles. The normalized spacial score (nSPS) is 16.0. The van der Waals surface area contributed by atoms with Crippen molar-refractivity contribution in [3.8, 4) is 11.5 Å². The Balaban J connectivity index is 1.84. The first-order valence-corrected chi connectivity index (χ1v) is 12.1. The van der Waals surface area contributed by atoms with E-state index in [9.17, 15) is 17.6 Å². The minimum atomic E-state index is -4.22. The van der Waals surface area contributed by atoms with Crippen molar-refractivity contribution in [2.24, 2.45) is 0 Å². The molecule has 10 heteroatoms. The molecule has 1 fully saturated rings. The lowest BCUT2D eigenvalue weighted by molar-refractivity contribution is 0.0791. The summed E-state index contributed by atoms with van der Waals surface area (Å²) in [5, 5.41) is 2.89. The number of carbonyl (C=O) groups is 1. The van der Waals surface area contributed by atoms with E-state index in [-0.39, 0.29) is 41.1 Å². The van der Waals surface area contributed by atoms with E-state index in [4.69, 9.17) is 13.7 Å². The number of nitrogens with zero attached hydrogens (tertiary/aromatic N) is 1. The molecule has 0 aromatic heterocycles. The van der Waals surface area contributed by atoms with E-state index in [2.05, 4.69) is 5.32 Å². The second kappa shape index (κ2) is 10.8. The summed E-state index contributed by atoms with van der Waals surface area (Å²) in [5.74, 6) is -0.373. The number of amides is 2. The molecule has 2 aromatic rings. The van der Waals surface area contributed by atoms with Gasteiger partial charge in [-0.05, 0) is 68.7 Å². The predicted molar refractivity (Wildman–Crippen MR) is 120 cm³/mol. The monoisotopic (exact) mass is 480 g/mol. The van der Waals surface area contributed by atoms with Gasteiger partial charge in [-0.25, -0.2) is 9.18 Å². The minimum Gasteiger partial charge on any atom is -0.493 e. The molecule has 1 aliphatic rings. The zero-order chi connectivity index (χ0) is 24.0. The Labute approximate surface area is 193 Å². The fourth-order valence-electron chi connectivity index (χ4n) is 3.46. The van der Waals surface area contributed by atoms with E-state index >= 15 is 0 Å². The molecule has 0 radical (unpaired) electrons. The molecular weight excluding hydrogens is 451 g/mol. The van der Waals surface area contributed by atoms with Crippen LogP contribution in [0.5, 0.6) is 11.5 Å². The topological polar surface area (TPSA) is 94.2 Å². The summed E-state index contributed by atoms with van der Waals surface area (Å²) in [6, 6.07) is 8.89. The van der Waals surface area contributed by atoms with Crippen LogP contribution in [0.15, 0.2) is 47.4 Å². The largest absolute Gasteiger partial charge is 0.493 e. The van der Waals surface area contributed by atoms with Crippen LogP contribution in [0.1, 0.15) is 32.3 Å². The Morgan fingerprint density at radius 3 is 2.55 bits per heavy atom. The third-order valence-corrected chi connectivity index (χ3v) is 6.30. The van der Waals surface area contributed by atoms with Crippen LogP contribution in [-0.2, 0) is 21.4 Å². The van der Waals surface area contributed by atoms with Crippen molar-refractivity contribution in [1.29, 1.82) is 0 Å². The number of urea groups is 1. The molecular formula is C23H29FN2O6S. The number of rotatable bonds is 9. The molecule has 1 aliphatic heterocycles. The summed E-state index contributed by atoms with van der Waals surface area (Å²) in [6.45, 7) is 5.06. The summed E-state index contributed by atoms with van der Waals surface area (Å²) in [5.41, 5.74) is 0.650. The van der Waals surface area contributed by atoms with E-state index < -0.39 is 15.9 Å². The Morgan fingerprint density at radius 2 is 1.94 bits per heavy atom. The second-order valence-corrected chi connectivity index (χ2v) is 9.64. The maximum absolute atomic E-state index is 13.2. The van der Waals surface area contributed by atoms with Gasteiger partial charge in [-0.1, -0.05) is 6.07 Å². The van der Waals surface area contributed by atoms with Crippen LogP contribution in [0.4, 0.5) is 9.18 Å². The quantitative estimate of drug-likeness (QED) is 0.550. The SMILES string of the molecule is COc1ccc(CN(CC2CCCO2)C(=O)NC(C)C)cc1OS(=O)(=O)c1ccc(F)cc1. The highest BCUT2D eigenvalue weighted by molar-refractivity contribution is 7.87. The molecule has 3 rings (SSSR count). The molecule has 0 aliphatic carbocycles. The van der Waals surface area contributed by atoms with Gasteiger partial charge in [-0.2, -0.15) is 8.42 Å². The van der Waals surface area contributed by atoms with E-state index in [0.717, 1.165) is 37.1 Å². The molecule has 1 atom stereocenters. The van der Waals surface area contributed by atoms with Crippen molar-refractivity contribution in [3.05, 3.63) is 53.8 Å². The number of methoxy groups -OCH3 is 1. The van der Waals surface area contributed by atoms with E-state index in [1.54, 1.807) is 17.0 Å². The van der Waals surface area contributed by atoms with Gasteiger partial charge in [0.15, 0.2) is 11.5 Å². The average Bonchev–Trinajstić information content (AvgIpc) is 3.26. The van der Waals surface area contributed by atoms with Gasteiger partial charge in [-0.3, -0.25) is 0 Å². The minimum absolute atomic E-state index is 0.0272. The Kier molecular flexibility index (Phi) is 8.15. The van der Waals surface area contributed by atoms with Gasteiger partial charge in [0.1, 0.15) is 10.7 Å². The number of hydrogen-bond donors (Lipinski definition) is 1. The number of ether oxygens (including phenoxy) is 2. The molecule has 2 amide bonds. The van der Waals surface area contributed by atoms with Crippen LogP contribution in [-0.4, -0.2) is 51.8 Å². The lowest BCUT2D eigenvalue weighted by atomic mass is 10.1. The summed E-state index contributed by atoms with van der Waals surface area (Å²) >= 11 is 0. The van der Waals surface area contributed by atoms with Crippen molar-refractivity contribution < 1.29 is 31.3 Å². The first kappa shape index (κ1) is 24.8. The van der Waals surface area contributed by atoms with Crippen LogP contribution in [0.25, 0.3) is 0 Å². The first-order chi connectivity index (χ1) is 15.7. The van der Waals surface area contributed by atoms with Crippen molar-refractivity contribution >= 4 is 16.1 Å². The lowest BCUT2D eigenvalue weighted by Crippen LogP contribution is -2.45. The summed E-state index contributed by atoms with van der Waals surface area (Å²) < 4.78 is 54.8. The number of halogens is 1. The van der Waals surface area contributed by atoms with Crippen LogP contribution < -0.4 is 14.2 Å². The number of benzene rings is 2. The average molecular weight is 481 g/mol. The van der Waals surface area contributed by atoms with E-state index in [1.807, 2.05) is 13.8 Å². The molecule has 180 valence electrons. The third kappa shape index (κ3) is 6.82. The maximum atomic E-state index is 13.2. The molecule has 33 heavy (non-hydrogen) atoms. The highest BCUT2D eigenvalue weighted by atomic mass is 32.2. The zero-order valence-electron chi connectivity index (χ0n) is 18.9. The third-order valence-electron chi connectivity index (χ3n) is 5.05. The van der Waals surface area contributed by atoms with Gasteiger partial charge in [0.2, 0.25) is 0 Å². The summed E-state index contributed by atoms with van der Waals surface area (Å²) in [4.78, 5) is 14.2. The van der Waals surface area contributed by atoms with Crippen LogP contribution in [0.2, 0.25) is 0 Å². The molecule has 1 unspecified atom stereocenters. The van der Waals surface area contributed by atoms with Gasteiger partial charge in [0, 0.05) is 25.7 Å². The van der Waals surface area contributed by atoms with Crippen molar-refractivity contribution in [1.82, 2.24) is 10.2 Å². The highest BCUT2D eigenvalue weighted by Crippen LogP contribution is 2.31. The summed E-state index contributed by atoms with van der Waals surface area (Å²) in [6.07, 6.45) is 1.78. The summed E-state index contributed by atoms with van der Waals surface area (Å²) in [7, 11) is -2.82. The van der Waals surface area contributed by atoms with Gasteiger partial charge < -0.3 is 23.9 Å². The van der Waals surface area contributed by atoms with E-state index in [1.165, 1.54) is 13.2 Å². The van der Waals surface area contributed by atoms with Crippen molar-refractivity contribution in [2.45, 2.75) is 50.3 Å². The lowest BCUT2D eigenvalue weighted by Gasteiger charge is -2.27. The predicted octanol–water partition coefficient (Wildman–Crippen LogP) is 3.70. The molecule has 1 heterocycles. The van der Waals surface area contributed by atoms with Crippen LogP contribution >= 0.6 is 0 Å². The first-order valence-electron chi connectivity index (χ1n) is 10.7. The van der Waals surface area contributed by atoms with Gasteiger partial charge in [0.25, 0.3) is 0 Å². The smallest absolute Gasteiger partial charge is 0.339 e.